The third-order valence-corrected chi connectivity index (χ3v) is 4.14. The molecule has 0 fully saturated rings. The lowest BCUT2D eigenvalue weighted by atomic mass is 10.00. The van der Waals surface area contributed by atoms with Crippen LogP contribution in [0.15, 0.2) is 12.1 Å². The van der Waals surface area contributed by atoms with Gasteiger partial charge in [-0.05, 0) is 37.3 Å². The molecule has 1 aromatic heterocycles. The van der Waals surface area contributed by atoms with E-state index in [4.69, 9.17) is 10.6 Å². The summed E-state index contributed by atoms with van der Waals surface area (Å²) < 4.78 is 5.15. The van der Waals surface area contributed by atoms with Crippen molar-refractivity contribution < 1.29 is 4.74 Å². The summed E-state index contributed by atoms with van der Waals surface area (Å²) in [5.41, 5.74) is 2.92. The van der Waals surface area contributed by atoms with Gasteiger partial charge in [-0.15, -0.1) is 11.3 Å². The molecule has 0 amide bonds. The van der Waals surface area contributed by atoms with Crippen LogP contribution < -0.4 is 11.3 Å². The average Bonchev–Trinajstić information content (AvgIpc) is 2.76. The number of nitrogens with two attached hydrogens (primary N) is 1. The Morgan fingerprint density at radius 2 is 2.12 bits per heavy atom. The van der Waals surface area contributed by atoms with E-state index in [1.54, 1.807) is 7.11 Å². The predicted octanol–water partition coefficient (Wildman–Crippen LogP) is 2.36. The van der Waals surface area contributed by atoms with Crippen LogP contribution in [0.2, 0.25) is 0 Å². The molecular formula is C13H24N2OS. The van der Waals surface area contributed by atoms with Gasteiger partial charge < -0.3 is 4.74 Å². The third kappa shape index (κ3) is 5.17. The highest BCUT2D eigenvalue weighted by Crippen LogP contribution is 2.20. The molecule has 0 aromatic carbocycles. The number of hydrogen-bond acceptors (Lipinski definition) is 4. The molecule has 1 aromatic rings. The number of hydrogen-bond donors (Lipinski definition) is 2. The van der Waals surface area contributed by atoms with Crippen LogP contribution in [0, 0.1) is 5.92 Å². The molecule has 1 rings (SSSR count). The van der Waals surface area contributed by atoms with Gasteiger partial charge in [0.25, 0.3) is 0 Å². The van der Waals surface area contributed by atoms with Gasteiger partial charge in [-0.2, -0.15) is 0 Å². The number of ether oxygens (including phenoxy) is 1. The zero-order valence-corrected chi connectivity index (χ0v) is 11.8. The van der Waals surface area contributed by atoms with Gasteiger partial charge in [0.05, 0.1) is 0 Å². The maximum absolute atomic E-state index is 5.62. The quantitative estimate of drug-likeness (QED) is 0.554. The minimum atomic E-state index is 0.337. The second-order valence-corrected chi connectivity index (χ2v) is 5.84. The standard InChI is InChI=1S/C13H24N2OS/c1-4-12-5-6-13(17-12)8-11(15-14)7-10(2)9-16-3/h5-6,10-11,15H,4,7-9,14H2,1-3H3. The third-order valence-electron chi connectivity index (χ3n) is 2.89. The molecule has 17 heavy (non-hydrogen) atoms. The molecule has 1 heterocycles. The van der Waals surface area contributed by atoms with Crippen LogP contribution in [0.5, 0.6) is 0 Å². The number of methoxy groups -OCH3 is 1. The van der Waals surface area contributed by atoms with Crippen molar-refractivity contribution in [1.29, 1.82) is 0 Å². The van der Waals surface area contributed by atoms with E-state index in [9.17, 15) is 0 Å². The number of hydrazine groups is 1. The lowest BCUT2D eigenvalue weighted by Crippen LogP contribution is -2.38. The Morgan fingerprint density at radius 3 is 2.65 bits per heavy atom. The average molecular weight is 256 g/mol. The number of aryl methyl sites for hydroxylation is 1. The summed E-state index contributed by atoms with van der Waals surface area (Å²) in [4.78, 5) is 2.86. The SMILES string of the molecule is CCc1ccc(CC(CC(C)COC)NN)s1. The molecule has 0 aliphatic heterocycles. The van der Waals surface area contributed by atoms with Gasteiger partial charge in [0, 0.05) is 29.5 Å². The van der Waals surface area contributed by atoms with Crippen LogP contribution >= 0.6 is 11.3 Å². The lowest BCUT2D eigenvalue weighted by Gasteiger charge is -2.19. The molecule has 0 aliphatic carbocycles. The maximum Gasteiger partial charge on any atom is 0.0488 e. The van der Waals surface area contributed by atoms with Crippen molar-refractivity contribution in [2.75, 3.05) is 13.7 Å². The summed E-state index contributed by atoms with van der Waals surface area (Å²) in [7, 11) is 1.74. The second-order valence-electron chi connectivity index (χ2n) is 4.59. The van der Waals surface area contributed by atoms with Gasteiger partial charge in [0.15, 0.2) is 0 Å². The topological polar surface area (TPSA) is 47.3 Å². The zero-order chi connectivity index (χ0) is 12.7. The number of thiophene rings is 1. The molecule has 2 atom stereocenters. The molecule has 0 saturated carbocycles. The molecule has 0 aliphatic rings. The van der Waals surface area contributed by atoms with Crippen LogP contribution in [0.25, 0.3) is 0 Å². The van der Waals surface area contributed by atoms with E-state index in [-0.39, 0.29) is 0 Å². The highest BCUT2D eigenvalue weighted by molar-refractivity contribution is 7.11. The van der Waals surface area contributed by atoms with Crippen LogP contribution in [-0.4, -0.2) is 19.8 Å². The van der Waals surface area contributed by atoms with E-state index in [0.717, 1.165) is 25.9 Å². The maximum atomic E-state index is 5.62. The van der Waals surface area contributed by atoms with Crippen molar-refractivity contribution in [2.45, 2.75) is 39.2 Å². The normalized spacial score (nSPS) is 14.8. The summed E-state index contributed by atoms with van der Waals surface area (Å²) in [6.45, 7) is 5.18. The Hall–Kier alpha value is -0.420. The molecule has 0 spiro atoms. The van der Waals surface area contributed by atoms with Crippen LogP contribution in [0.4, 0.5) is 0 Å². The van der Waals surface area contributed by atoms with Crippen molar-refractivity contribution >= 4 is 11.3 Å². The molecule has 3 nitrogen and oxygen atoms in total. The van der Waals surface area contributed by atoms with E-state index >= 15 is 0 Å². The monoisotopic (exact) mass is 256 g/mol. The molecular weight excluding hydrogens is 232 g/mol. The van der Waals surface area contributed by atoms with E-state index in [0.29, 0.717) is 12.0 Å². The van der Waals surface area contributed by atoms with Crippen molar-refractivity contribution in [3.8, 4) is 0 Å². The van der Waals surface area contributed by atoms with Crippen molar-refractivity contribution in [3.05, 3.63) is 21.9 Å². The van der Waals surface area contributed by atoms with Gasteiger partial charge in [0.1, 0.15) is 0 Å². The largest absolute Gasteiger partial charge is 0.384 e. The summed E-state index contributed by atoms with van der Waals surface area (Å²) >= 11 is 1.89. The van der Waals surface area contributed by atoms with Gasteiger partial charge >= 0.3 is 0 Å². The molecule has 4 heteroatoms. The van der Waals surface area contributed by atoms with E-state index in [1.807, 2.05) is 11.3 Å². The van der Waals surface area contributed by atoms with Crippen molar-refractivity contribution in [1.82, 2.24) is 5.43 Å². The minimum Gasteiger partial charge on any atom is -0.384 e. The molecule has 0 bridgehead atoms. The first-order valence-corrected chi connectivity index (χ1v) is 7.03. The highest BCUT2D eigenvalue weighted by atomic mass is 32.1. The molecule has 0 saturated heterocycles. The summed E-state index contributed by atoms with van der Waals surface area (Å²) in [5.74, 6) is 6.15. The van der Waals surface area contributed by atoms with Gasteiger partial charge in [-0.25, -0.2) is 0 Å². The summed E-state index contributed by atoms with van der Waals surface area (Å²) in [6, 6.07) is 4.77. The highest BCUT2D eigenvalue weighted by Gasteiger charge is 2.13. The molecule has 98 valence electrons. The van der Waals surface area contributed by atoms with Crippen LogP contribution in [0.1, 0.15) is 30.0 Å². The van der Waals surface area contributed by atoms with E-state index in [2.05, 4.69) is 31.4 Å². The molecule has 3 N–H and O–H groups in total. The summed E-state index contributed by atoms with van der Waals surface area (Å²) in [6.07, 6.45) is 3.17. The fourth-order valence-electron chi connectivity index (χ4n) is 2.01. The number of nitrogens with one attached hydrogen (secondary N) is 1. The second kappa shape index (κ2) is 7.82. The van der Waals surface area contributed by atoms with Gasteiger partial charge in [-0.1, -0.05) is 13.8 Å². The van der Waals surface area contributed by atoms with Crippen LogP contribution in [-0.2, 0) is 17.6 Å². The fraction of sp³-hybridized carbons (Fsp3) is 0.692. The Balaban J connectivity index is 2.45. The summed E-state index contributed by atoms with van der Waals surface area (Å²) in [5, 5.41) is 0. The first-order chi connectivity index (χ1) is 8.19. The Bertz CT molecular complexity index is 314. The molecule has 2 unspecified atom stereocenters. The van der Waals surface area contributed by atoms with E-state index < -0.39 is 0 Å². The number of rotatable bonds is 8. The Morgan fingerprint density at radius 1 is 1.41 bits per heavy atom. The first kappa shape index (κ1) is 14.6. The lowest BCUT2D eigenvalue weighted by molar-refractivity contribution is 0.149. The predicted molar refractivity (Wildman–Crippen MR) is 74.2 cm³/mol. The molecule has 0 radical (unpaired) electrons. The first-order valence-electron chi connectivity index (χ1n) is 6.22. The van der Waals surface area contributed by atoms with Crippen LogP contribution in [0.3, 0.4) is 0 Å². The fourth-order valence-corrected chi connectivity index (χ4v) is 3.05. The van der Waals surface area contributed by atoms with Gasteiger partial charge in [-0.3, -0.25) is 11.3 Å². The van der Waals surface area contributed by atoms with E-state index in [1.165, 1.54) is 9.75 Å². The van der Waals surface area contributed by atoms with Gasteiger partial charge in [0.2, 0.25) is 0 Å². The smallest absolute Gasteiger partial charge is 0.0488 e. The van der Waals surface area contributed by atoms with Crippen molar-refractivity contribution in [2.24, 2.45) is 11.8 Å². The Kier molecular flexibility index (Phi) is 6.73. The zero-order valence-electron chi connectivity index (χ0n) is 11.0. The van der Waals surface area contributed by atoms with Crippen molar-refractivity contribution in [3.63, 3.8) is 0 Å². The minimum absolute atomic E-state index is 0.337. The Labute approximate surface area is 108 Å².